The van der Waals surface area contributed by atoms with Crippen LogP contribution < -0.4 is 5.32 Å². The van der Waals surface area contributed by atoms with Crippen LogP contribution in [0.25, 0.3) is 0 Å². The molecule has 1 atom stereocenters. The third-order valence-corrected chi connectivity index (χ3v) is 1.10. The molecule has 62 valence electrons. The maximum Gasteiger partial charge on any atom is 0.328 e. The number of rotatable bonds is 3. The Kier molecular flexibility index (Phi) is 3.95. The average molecular weight is 157 g/mol. The zero-order chi connectivity index (χ0) is 8.85. The maximum atomic E-state index is 10.7. The first-order valence-electron chi connectivity index (χ1n) is 3.12. The topological polar surface area (TPSA) is 55.4 Å². The number of amides is 1. The summed E-state index contributed by atoms with van der Waals surface area (Å²) in [6, 6.07) is -0.620. The van der Waals surface area contributed by atoms with E-state index in [2.05, 4.69) is 16.6 Å². The second-order valence-corrected chi connectivity index (χ2v) is 1.96. The van der Waals surface area contributed by atoms with Crippen molar-refractivity contribution in [3.05, 3.63) is 12.7 Å². The van der Waals surface area contributed by atoms with Crippen LogP contribution in [-0.4, -0.2) is 25.0 Å². The number of hydrogen-bond donors (Lipinski definition) is 1. The fraction of sp³-hybridized carbons (Fsp3) is 0.429. The largest absolute Gasteiger partial charge is 0.467 e. The van der Waals surface area contributed by atoms with Crippen molar-refractivity contribution in [3.63, 3.8) is 0 Å². The first kappa shape index (κ1) is 9.68. The quantitative estimate of drug-likeness (QED) is 0.458. The summed E-state index contributed by atoms with van der Waals surface area (Å²) in [5.41, 5.74) is 0. The Morgan fingerprint density at radius 3 is 2.55 bits per heavy atom. The highest BCUT2D eigenvalue weighted by molar-refractivity contribution is 5.90. The van der Waals surface area contributed by atoms with Gasteiger partial charge in [0, 0.05) is 0 Å². The molecule has 4 nitrogen and oxygen atoms in total. The molecule has 0 aliphatic rings. The van der Waals surface area contributed by atoms with Gasteiger partial charge in [0.15, 0.2) is 0 Å². The average Bonchev–Trinajstić information content (AvgIpc) is 2.02. The number of hydrogen-bond acceptors (Lipinski definition) is 3. The SMILES string of the molecule is C=CC(=O)NC(C)C(=O)OC. The van der Waals surface area contributed by atoms with Gasteiger partial charge in [0.25, 0.3) is 0 Å². The van der Waals surface area contributed by atoms with E-state index in [0.29, 0.717) is 0 Å². The van der Waals surface area contributed by atoms with Crippen LogP contribution in [0.15, 0.2) is 12.7 Å². The second kappa shape index (κ2) is 4.49. The minimum atomic E-state index is -0.620. The molecule has 0 aliphatic heterocycles. The van der Waals surface area contributed by atoms with Gasteiger partial charge in [-0.1, -0.05) is 6.58 Å². The van der Waals surface area contributed by atoms with Gasteiger partial charge < -0.3 is 10.1 Å². The molecule has 0 bridgehead atoms. The summed E-state index contributed by atoms with van der Waals surface area (Å²) in [6.45, 7) is 4.77. The number of methoxy groups -OCH3 is 1. The Morgan fingerprint density at radius 2 is 2.18 bits per heavy atom. The lowest BCUT2D eigenvalue weighted by Gasteiger charge is -2.08. The fourth-order valence-corrected chi connectivity index (χ4v) is 0.508. The van der Waals surface area contributed by atoms with Crippen LogP contribution in [-0.2, 0) is 14.3 Å². The van der Waals surface area contributed by atoms with Crippen LogP contribution in [0.1, 0.15) is 6.92 Å². The van der Waals surface area contributed by atoms with Gasteiger partial charge >= 0.3 is 5.97 Å². The van der Waals surface area contributed by atoms with Gasteiger partial charge in [-0.15, -0.1) is 0 Å². The molecule has 1 amide bonds. The van der Waals surface area contributed by atoms with E-state index in [-0.39, 0.29) is 5.91 Å². The second-order valence-electron chi connectivity index (χ2n) is 1.96. The third-order valence-electron chi connectivity index (χ3n) is 1.10. The summed E-state index contributed by atoms with van der Waals surface area (Å²) in [7, 11) is 1.26. The van der Waals surface area contributed by atoms with Crippen LogP contribution in [0.4, 0.5) is 0 Å². The van der Waals surface area contributed by atoms with Crippen molar-refractivity contribution in [2.24, 2.45) is 0 Å². The standard InChI is InChI=1S/C7H11NO3/c1-4-6(9)8-5(2)7(10)11-3/h4-5H,1H2,2-3H3,(H,8,9). The Labute approximate surface area is 65.2 Å². The molecule has 0 spiro atoms. The van der Waals surface area contributed by atoms with E-state index >= 15 is 0 Å². The first-order valence-corrected chi connectivity index (χ1v) is 3.12. The van der Waals surface area contributed by atoms with Gasteiger partial charge in [0.05, 0.1) is 7.11 Å². The molecule has 0 fully saturated rings. The molecule has 1 N–H and O–H groups in total. The Bertz CT molecular complexity index is 177. The van der Waals surface area contributed by atoms with Crippen LogP contribution in [0.5, 0.6) is 0 Å². The molecule has 0 aromatic carbocycles. The van der Waals surface area contributed by atoms with Gasteiger partial charge in [0.1, 0.15) is 6.04 Å². The lowest BCUT2D eigenvalue weighted by molar-refractivity contribution is -0.144. The van der Waals surface area contributed by atoms with E-state index in [1.165, 1.54) is 14.0 Å². The van der Waals surface area contributed by atoms with E-state index in [9.17, 15) is 9.59 Å². The van der Waals surface area contributed by atoms with Crippen molar-refractivity contribution >= 4 is 11.9 Å². The van der Waals surface area contributed by atoms with E-state index in [0.717, 1.165) is 6.08 Å². The summed E-state index contributed by atoms with van der Waals surface area (Å²) in [4.78, 5) is 21.3. The van der Waals surface area contributed by atoms with E-state index in [4.69, 9.17) is 0 Å². The predicted molar refractivity (Wildman–Crippen MR) is 39.8 cm³/mol. The van der Waals surface area contributed by atoms with E-state index in [1.54, 1.807) is 0 Å². The van der Waals surface area contributed by atoms with Crippen molar-refractivity contribution in [1.82, 2.24) is 5.32 Å². The molecule has 0 rings (SSSR count). The van der Waals surface area contributed by atoms with Gasteiger partial charge in [-0.2, -0.15) is 0 Å². The number of esters is 1. The highest BCUT2D eigenvalue weighted by Gasteiger charge is 2.13. The molecule has 11 heavy (non-hydrogen) atoms. The third kappa shape index (κ3) is 3.40. The van der Waals surface area contributed by atoms with Crippen LogP contribution in [0.2, 0.25) is 0 Å². The lowest BCUT2D eigenvalue weighted by Crippen LogP contribution is -2.38. The van der Waals surface area contributed by atoms with Gasteiger partial charge in [0.2, 0.25) is 5.91 Å². The lowest BCUT2D eigenvalue weighted by atomic mass is 10.3. The number of nitrogens with one attached hydrogen (secondary N) is 1. The Balaban J connectivity index is 3.86. The number of carbonyl (C=O) groups excluding carboxylic acids is 2. The molecule has 0 aliphatic carbocycles. The Morgan fingerprint density at radius 1 is 1.64 bits per heavy atom. The first-order chi connectivity index (χ1) is 5.11. The zero-order valence-corrected chi connectivity index (χ0v) is 6.59. The molecule has 0 radical (unpaired) electrons. The van der Waals surface area contributed by atoms with Crippen molar-refractivity contribution in [1.29, 1.82) is 0 Å². The van der Waals surface area contributed by atoms with Gasteiger partial charge in [-0.25, -0.2) is 4.79 Å². The monoisotopic (exact) mass is 157 g/mol. The smallest absolute Gasteiger partial charge is 0.328 e. The molecule has 0 saturated heterocycles. The van der Waals surface area contributed by atoms with Gasteiger partial charge in [-0.3, -0.25) is 4.79 Å². The molecule has 0 saturated carbocycles. The minimum Gasteiger partial charge on any atom is -0.467 e. The summed E-state index contributed by atoms with van der Waals surface area (Å²) in [5, 5.41) is 2.35. The summed E-state index contributed by atoms with van der Waals surface area (Å²) < 4.78 is 4.37. The van der Waals surface area contributed by atoms with Crippen LogP contribution >= 0.6 is 0 Å². The summed E-state index contributed by atoms with van der Waals surface area (Å²) in [5.74, 6) is -0.858. The van der Waals surface area contributed by atoms with Crippen LogP contribution in [0.3, 0.4) is 0 Å². The Hall–Kier alpha value is -1.32. The molecule has 0 heterocycles. The van der Waals surface area contributed by atoms with E-state index < -0.39 is 12.0 Å². The molecule has 1 unspecified atom stereocenters. The molecule has 0 aromatic rings. The maximum absolute atomic E-state index is 10.7. The van der Waals surface area contributed by atoms with Crippen molar-refractivity contribution < 1.29 is 14.3 Å². The van der Waals surface area contributed by atoms with Crippen LogP contribution in [0, 0.1) is 0 Å². The summed E-state index contributed by atoms with van der Waals surface area (Å²) >= 11 is 0. The van der Waals surface area contributed by atoms with E-state index in [1.807, 2.05) is 0 Å². The highest BCUT2D eigenvalue weighted by atomic mass is 16.5. The molecule has 0 aromatic heterocycles. The van der Waals surface area contributed by atoms with Crippen molar-refractivity contribution in [2.45, 2.75) is 13.0 Å². The fourth-order valence-electron chi connectivity index (χ4n) is 0.508. The predicted octanol–water partition coefficient (Wildman–Crippen LogP) is -0.150. The zero-order valence-electron chi connectivity index (χ0n) is 6.59. The molecular weight excluding hydrogens is 146 g/mol. The van der Waals surface area contributed by atoms with Gasteiger partial charge in [-0.05, 0) is 13.0 Å². The molecular formula is C7H11NO3. The minimum absolute atomic E-state index is 0.386. The van der Waals surface area contributed by atoms with Crippen molar-refractivity contribution in [3.8, 4) is 0 Å². The van der Waals surface area contributed by atoms with Crippen molar-refractivity contribution in [2.75, 3.05) is 7.11 Å². The molecule has 4 heteroatoms. The highest BCUT2D eigenvalue weighted by Crippen LogP contribution is 1.85. The number of ether oxygens (including phenoxy) is 1. The summed E-state index contributed by atoms with van der Waals surface area (Å²) in [6.07, 6.45) is 1.10. The normalized spacial score (nSPS) is 11.5. The number of carbonyl (C=O) groups is 2.